The lowest BCUT2D eigenvalue weighted by Gasteiger charge is -2.27. The van der Waals surface area contributed by atoms with Crippen LogP contribution in [0.4, 0.5) is 0 Å². The van der Waals surface area contributed by atoms with Gasteiger partial charge in [0.2, 0.25) is 0 Å². The second-order valence-corrected chi connectivity index (χ2v) is 7.80. The first-order valence-electron chi connectivity index (χ1n) is 10.4. The summed E-state index contributed by atoms with van der Waals surface area (Å²) >= 11 is 4.40. The summed E-state index contributed by atoms with van der Waals surface area (Å²) in [6.45, 7) is -0.309. The molecule has 0 bridgehead atoms. The second-order valence-electron chi connectivity index (χ2n) is 7.14. The van der Waals surface area contributed by atoms with Gasteiger partial charge in [-0.3, -0.25) is 4.79 Å². The molecule has 0 N–H and O–H groups in total. The minimum absolute atomic E-state index is 0.216. The molecular weight excluding hydrogens is 456 g/mol. The average Bonchev–Trinajstić information content (AvgIpc) is 2.90. The van der Waals surface area contributed by atoms with Gasteiger partial charge in [0.1, 0.15) is 6.61 Å². The largest absolute Gasteiger partial charge is 0.461 e. The maximum atomic E-state index is 12.7. The molecule has 0 heterocycles. The lowest BCUT2D eigenvalue weighted by atomic mass is 10.1. The normalized spacial score (nSPS) is 13.1. The van der Waals surface area contributed by atoms with Crippen molar-refractivity contribution >= 4 is 36.8 Å². The molecule has 0 amide bonds. The topological polar surface area (TPSA) is 96.0 Å². The molecule has 3 atom stereocenters. The molecule has 0 aromatic heterocycles. The number of benzene rings is 3. The third-order valence-corrected chi connectivity index (χ3v) is 5.18. The Morgan fingerprint density at radius 2 is 1.09 bits per heavy atom. The summed E-state index contributed by atoms with van der Waals surface area (Å²) in [6.07, 6.45) is -2.46. The van der Waals surface area contributed by atoms with Crippen LogP contribution in [0.2, 0.25) is 0 Å². The monoisotopic (exact) mass is 478 g/mol. The van der Waals surface area contributed by atoms with Crippen molar-refractivity contribution in [3.8, 4) is 0 Å². The van der Waals surface area contributed by atoms with E-state index in [0.29, 0.717) is 11.8 Å². The number of hydrogen-bond donors (Lipinski definition) is 1. The van der Waals surface area contributed by atoms with Crippen molar-refractivity contribution in [1.29, 1.82) is 0 Å². The average molecular weight is 479 g/mol. The highest BCUT2D eigenvalue weighted by molar-refractivity contribution is 7.81. The van der Waals surface area contributed by atoms with Gasteiger partial charge in [-0.25, -0.2) is 14.4 Å². The maximum Gasteiger partial charge on any atom is 0.338 e. The molecule has 174 valence electrons. The fourth-order valence-corrected chi connectivity index (χ4v) is 3.29. The number of aldehydes is 1. The van der Waals surface area contributed by atoms with E-state index in [4.69, 9.17) is 14.2 Å². The molecule has 3 rings (SSSR count). The lowest BCUT2D eigenvalue weighted by molar-refractivity contribution is -0.122. The highest BCUT2D eigenvalue weighted by Gasteiger charge is 2.35. The van der Waals surface area contributed by atoms with Crippen molar-refractivity contribution < 1.29 is 33.4 Å². The van der Waals surface area contributed by atoms with Gasteiger partial charge in [0.05, 0.1) is 21.9 Å². The van der Waals surface area contributed by atoms with Crippen LogP contribution in [-0.2, 0) is 19.0 Å². The molecule has 0 spiro atoms. The van der Waals surface area contributed by atoms with Crippen molar-refractivity contribution in [1.82, 2.24) is 0 Å². The van der Waals surface area contributed by atoms with E-state index >= 15 is 0 Å². The van der Waals surface area contributed by atoms with Crippen LogP contribution in [0, 0.1) is 0 Å². The number of esters is 3. The van der Waals surface area contributed by atoms with Crippen LogP contribution in [0.3, 0.4) is 0 Å². The number of ether oxygens (including phenoxy) is 3. The molecule has 7 nitrogen and oxygen atoms in total. The van der Waals surface area contributed by atoms with Gasteiger partial charge in [0.15, 0.2) is 18.5 Å². The van der Waals surface area contributed by atoms with Crippen molar-refractivity contribution in [2.75, 3.05) is 6.61 Å². The smallest absolute Gasteiger partial charge is 0.338 e. The predicted octanol–water partition coefficient (Wildman–Crippen LogP) is 3.79. The first kappa shape index (κ1) is 24.7. The Balaban J connectivity index is 1.76. The highest BCUT2D eigenvalue weighted by Crippen LogP contribution is 2.18. The number of rotatable bonds is 10. The molecule has 0 aliphatic rings. The molecule has 34 heavy (non-hydrogen) atoms. The van der Waals surface area contributed by atoms with E-state index in [1.807, 2.05) is 0 Å². The minimum Gasteiger partial charge on any atom is -0.461 e. The summed E-state index contributed by atoms with van der Waals surface area (Å²) < 4.78 is 16.1. The van der Waals surface area contributed by atoms with Crippen LogP contribution in [-0.4, -0.2) is 48.3 Å². The summed E-state index contributed by atoms with van der Waals surface area (Å²) in [4.78, 5) is 49.4. The number of thiol groups is 1. The van der Waals surface area contributed by atoms with E-state index < -0.39 is 35.4 Å². The first-order chi connectivity index (χ1) is 16.5. The summed E-state index contributed by atoms with van der Waals surface area (Å²) in [7, 11) is 0. The summed E-state index contributed by atoms with van der Waals surface area (Å²) in [5, 5.41) is -0.973. The third kappa shape index (κ3) is 6.79. The van der Waals surface area contributed by atoms with E-state index in [9.17, 15) is 19.2 Å². The maximum absolute atomic E-state index is 12.7. The number of carbonyl (C=O) groups is 4. The molecule has 0 radical (unpaired) electrons. The van der Waals surface area contributed by atoms with Gasteiger partial charge in [0.25, 0.3) is 0 Å². The van der Waals surface area contributed by atoms with E-state index in [0.717, 1.165) is 0 Å². The zero-order valence-corrected chi connectivity index (χ0v) is 18.9. The Bertz CT molecular complexity index is 1100. The molecule has 0 saturated carbocycles. The van der Waals surface area contributed by atoms with Gasteiger partial charge in [0, 0.05) is 0 Å². The number of carbonyl (C=O) groups excluding carboxylic acids is 4. The zero-order valence-electron chi connectivity index (χ0n) is 18.0. The van der Waals surface area contributed by atoms with Gasteiger partial charge >= 0.3 is 17.9 Å². The molecule has 0 aliphatic heterocycles. The van der Waals surface area contributed by atoms with Crippen LogP contribution < -0.4 is 0 Å². The van der Waals surface area contributed by atoms with Crippen LogP contribution in [0.25, 0.3) is 0 Å². The van der Waals surface area contributed by atoms with E-state index in [1.165, 1.54) is 24.3 Å². The van der Waals surface area contributed by atoms with E-state index in [2.05, 4.69) is 12.6 Å². The molecule has 8 heteroatoms. The van der Waals surface area contributed by atoms with Crippen LogP contribution >= 0.6 is 12.6 Å². The van der Waals surface area contributed by atoms with Gasteiger partial charge in [-0.05, 0) is 36.4 Å². The predicted molar refractivity (Wildman–Crippen MR) is 127 cm³/mol. The Kier molecular flexibility index (Phi) is 8.99. The first-order valence-corrected chi connectivity index (χ1v) is 10.9. The van der Waals surface area contributed by atoms with Crippen molar-refractivity contribution in [3.63, 3.8) is 0 Å². The molecule has 0 aliphatic carbocycles. The van der Waals surface area contributed by atoms with Crippen molar-refractivity contribution in [2.24, 2.45) is 0 Å². The summed E-state index contributed by atoms with van der Waals surface area (Å²) in [5.74, 6) is -2.14. The molecule has 0 fully saturated rings. The molecule has 0 saturated heterocycles. The second kappa shape index (κ2) is 12.4. The lowest BCUT2D eigenvalue weighted by Crippen LogP contribution is -2.44. The fraction of sp³-hybridized carbons (Fsp3) is 0.154. The SMILES string of the molecule is O=C[C@H](OC(=O)c1ccccc1)[C@H](OC(=O)c1ccccc1)[C@@H](S)COC(=O)c1ccccc1. The third-order valence-electron chi connectivity index (χ3n) is 4.74. The van der Waals surface area contributed by atoms with Gasteiger partial charge in [-0.2, -0.15) is 12.6 Å². The Morgan fingerprint density at radius 3 is 1.53 bits per heavy atom. The fourth-order valence-electron chi connectivity index (χ4n) is 2.98. The molecule has 3 aromatic carbocycles. The molecule has 3 aromatic rings. The Labute approximate surface area is 202 Å². The Morgan fingerprint density at radius 1 is 0.676 bits per heavy atom. The standard InChI is InChI=1S/C26H22O7S/c27-16-21(32-25(29)19-12-6-2-7-13-19)23(33-26(30)20-14-8-3-9-15-20)22(34)17-31-24(28)18-10-4-1-5-11-18/h1-16,21-23,34H,17H2/t21-,22-,23-/m0/s1. The van der Waals surface area contributed by atoms with Gasteiger partial charge in [-0.15, -0.1) is 0 Å². The summed E-state index contributed by atoms with van der Waals surface area (Å²) in [5.41, 5.74) is 0.769. The summed E-state index contributed by atoms with van der Waals surface area (Å²) in [6, 6.07) is 24.5. The Hall–Kier alpha value is -3.91. The van der Waals surface area contributed by atoms with E-state index in [-0.39, 0.29) is 17.7 Å². The highest BCUT2D eigenvalue weighted by atomic mass is 32.1. The van der Waals surface area contributed by atoms with Crippen LogP contribution in [0.1, 0.15) is 31.1 Å². The van der Waals surface area contributed by atoms with Gasteiger partial charge < -0.3 is 14.2 Å². The minimum atomic E-state index is -1.49. The van der Waals surface area contributed by atoms with Crippen LogP contribution in [0.15, 0.2) is 91.0 Å². The molecule has 0 unspecified atom stereocenters. The molecular formula is C26H22O7S. The van der Waals surface area contributed by atoms with Crippen LogP contribution in [0.5, 0.6) is 0 Å². The quantitative estimate of drug-likeness (QED) is 0.205. The number of hydrogen-bond acceptors (Lipinski definition) is 8. The zero-order chi connectivity index (χ0) is 24.3. The van der Waals surface area contributed by atoms with Crippen molar-refractivity contribution in [3.05, 3.63) is 108 Å². The van der Waals surface area contributed by atoms with Crippen molar-refractivity contribution in [2.45, 2.75) is 17.5 Å². The van der Waals surface area contributed by atoms with E-state index in [1.54, 1.807) is 66.7 Å². The van der Waals surface area contributed by atoms with Gasteiger partial charge in [-0.1, -0.05) is 54.6 Å².